The molecule has 0 spiro atoms. The Bertz CT molecular complexity index is 758. The number of hydrogen-bond acceptors (Lipinski definition) is 3. The van der Waals surface area contributed by atoms with E-state index in [4.69, 9.17) is 5.73 Å². The van der Waals surface area contributed by atoms with Gasteiger partial charge in [-0.3, -0.25) is 0 Å². The molecule has 1 aromatic carbocycles. The molecule has 2 aromatic heterocycles. The summed E-state index contributed by atoms with van der Waals surface area (Å²) in [4.78, 5) is 8.63. The summed E-state index contributed by atoms with van der Waals surface area (Å²) in [6.45, 7) is 5.37. The fourth-order valence-corrected chi connectivity index (χ4v) is 2.83. The molecular weight excluding hydrogens is 248 g/mol. The van der Waals surface area contributed by atoms with E-state index in [-0.39, 0.29) is 0 Å². The van der Waals surface area contributed by atoms with E-state index < -0.39 is 0 Å². The predicted octanol–water partition coefficient (Wildman–Crippen LogP) is 3.53. The molecule has 104 valence electrons. The van der Waals surface area contributed by atoms with E-state index in [1.165, 1.54) is 16.5 Å². The lowest BCUT2D eigenvalue weighted by Gasteiger charge is -2.08. The van der Waals surface area contributed by atoms with Gasteiger partial charge in [-0.25, -0.2) is 4.98 Å². The summed E-state index contributed by atoms with van der Waals surface area (Å²) in [6, 6.07) is 6.46. The third-order valence-corrected chi connectivity index (χ3v) is 3.84. The summed E-state index contributed by atoms with van der Waals surface area (Å²) < 4.78 is 2.31. The first-order chi connectivity index (χ1) is 9.76. The lowest BCUT2D eigenvalue weighted by atomic mass is 10.1. The van der Waals surface area contributed by atoms with Crippen LogP contribution in [0.15, 0.2) is 24.4 Å². The number of nitrogens with zero attached hydrogens (tertiary/aromatic N) is 3. The van der Waals surface area contributed by atoms with Gasteiger partial charge in [0.2, 0.25) is 5.95 Å². The Morgan fingerprint density at radius 3 is 2.80 bits per heavy atom. The second-order valence-corrected chi connectivity index (χ2v) is 5.14. The Labute approximate surface area is 118 Å². The third-order valence-electron chi connectivity index (χ3n) is 3.84. The number of aromatic nitrogens is 3. The standard InChI is InChI=1S/C16H20N4/c1-3-5-9-20-14-11(4-2)7-6-8-12(14)13-10-18-16(17)19-15(13)20/h6-8,10H,3-5,9H2,1-2H3,(H2,17,18,19). The summed E-state index contributed by atoms with van der Waals surface area (Å²) in [5.41, 5.74) is 9.39. The second-order valence-electron chi connectivity index (χ2n) is 5.14. The first kappa shape index (κ1) is 12.9. The fourth-order valence-electron chi connectivity index (χ4n) is 2.83. The molecule has 0 bridgehead atoms. The lowest BCUT2D eigenvalue weighted by Crippen LogP contribution is -2.02. The van der Waals surface area contributed by atoms with Gasteiger partial charge in [0.15, 0.2) is 0 Å². The van der Waals surface area contributed by atoms with E-state index in [0.29, 0.717) is 5.95 Å². The smallest absolute Gasteiger partial charge is 0.221 e. The first-order valence-corrected chi connectivity index (χ1v) is 7.28. The summed E-state index contributed by atoms with van der Waals surface area (Å²) >= 11 is 0. The van der Waals surface area contributed by atoms with Crippen molar-refractivity contribution < 1.29 is 0 Å². The summed E-state index contributed by atoms with van der Waals surface area (Å²) in [5.74, 6) is 0.344. The number of para-hydroxylation sites is 1. The molecule has 4 nitrogen and oxygen atoms in total. The molecule has 2 N–H and O–H groups in total. The number of rotatable bonds is 4. The highest BCUT2D eigenvalue weighted by molar-refractivity contribution is 6.07. The van der Waals surface area contributed by atoms with Gasteiger partial charge in [-0.05, 0) is 18.4 Å². The molecule has 0 amide bonds. The molecule has 0 atom stereocenters. The minimum Gasteiger partial charge on any atom is -0.368 e. The third kappa shape index (κ3) is 1.92. The van der Waals surface area contributed by atoms with Crippen LogP contribution in [0.3, 0.4) is 0 Å². The zero-order valence-electron chi connectivity index (χ0n) is 12.1. The Morgan fingerprint density at radius 1 is 1.20 bits per heavy atom. The highest BCUT2D eigenvalue weighted by Crippen LogP contribution is 2.30. The van der Waals surface area contributed by atoms with Crippen LogP contribution in [0.2, 0.25) is 0 Å². The zero-order valence-corrected chi connectivity index (χ0v) is 12.1. The number of nitrogen functional groups attached to an aromatic ring is 1. The molecule has 4 heteroatoms. The average Bonchev–Trinajstić information content (AvgIpc) is 2.78. The lowest BCUT2D eigenvalue weighted by molar-refractivity contribution is 0.659. The molecule has 0 saturated carbocycles. The maximum atomic E-state index is 5.78. The molecule has 0 fully saturated rings. The maximum Gasteiger partial charge on any atom is 0.221 e. The van der Waals surface area contributed by atoms with Gasteiger partial charge in [-0.2, -0.15) is 4.98 Å². The largest absolute Gasteiger partial charge is 0.368 e. The van der Waals surface area contributed by atoms with E-state index >= 15 is 0 Å². The van der Waals surface area contributed by atoms with E-state index in [1.807, 2.05) is 6.20 Å². The molecule has 2 heterocycles. The summed E-state index contributed by atoms with van der Waals surface area (Å²) in [6.07, 6.45) is 5.17. The van der Waals surface area contributed by atoms with E-state index in [9.17, 15) is 0 Å². The van der Waals surface area contributed by atoms with Crippen LogP contribution in [0, 0.1) is 0 Å². The highest BCUT2D eigenvalue weighted by Gasteiger charge is 2.14. The molecule has 0 unspecified atom stereocenters. The molecule has 0 radical (unpaired) electrons. The highest BCUT2D eigenvalue weighted by atomic mass is 15.1. The maximum absolute atomic E-state index is 5.78. The van der Waals surface area contributed by atoms with Gasteiger partial charge in [0.05, 0.1) is 5.52 Å². The van der Waals surface area contributed by atoms with Crippen molar-refractivity contribution in [3.8, 4) is 0 Å². The van der Waals surface area contributed by atoms with Crippen LogP contribution >= 0.6 is 0 Å². The van der Waals surface area contributed by atoms with Gasteiger partial charge in [-0.1, -0.05) is 38.5 Å². The zero-order chi connectivity index (χ0) is 14.1. The molecule has 3 rings (SSSR count). The topological polar surface area (TPSA) is 56.7 Å². The van der Waals surface area contributed by atoms with Crippen LogP contribution < -0.4 is 5.73 Å². The van der Waals surface area contributed by atoms with E-state index in [1.54, 1.807) is 0 Å². The van der Waals surface area contributed by atoms with Crippen molar-refractivity contribution in [1.82, 2.24) is 14.5 Å². The van der Waals surface area contributed by atoms with Gasteiger partial charge < -0.3 is 10.3 Å². The van der Waals surface area contributed by atoms with Gasteiger partial charge in [0, 0.05) is 23.5 Å². The number of nitrogens with two attached hydrogens (primary N) is 1. The molecule has 0 aliphatic carbocycles. The van der Waals surface area contributed by atoms with Crippen molar-refractivity contribution in [2.75, 3.05) is 5.73 Å². The second kappa shape index (κ2) is 5.12. The Hall–Kier alpha value is -2.10. The quantitative estimate of drug-likeness (QED) is 0.787. The number of benzene rings is 1. The first-order valence-electron chi connectivity index (χ1n) is 7.28. The Kier molecular flexibility index (Phi) is 3.30. The predicted molar refractivity (Wildman–Crippen MR) is 83.7 cm³/mol. The molecule has 0 saturated heterocycles. The summed E-state index contributed by atoms with van der Waals surface area (Å²) in [7, 11) is 0. The van der Waals surface area contributed by atoms with Crippen LogP contribution in [0.4, 0.5) is 5.95 Å². The Balaban J connectivity index is 2.40. The average molecular weight is 268 g/mol. The van der Waals surface area contributed by atoms with E-state index in [0.717, 1.165) is 36.8 Å². The van der Waals surface area contributed by atoms with E-state index in [2.05, 4.69) is 46.6 Å². The number of anilines is 1. The minimum atomic E-state index is 0.344. The van der Waals surface area contributed by atoms with Crippen molar-refractivity contribution in [3.63, 3.8) is 0 Å². The normalized spacial score (nSPS) is 11.5. The monoisotopic (exact) mass is 268 g/mol. The van der Waals surface area contributed by atoms with Crippen LogP contribution in [0.1, 0.15) is 32.3 Å². The SMILES string of the molecule is CCCCn1c2nc(N)ncc2c2cccc(CC)c21. The van der Waals surface area contributed by atoms with Gasteiger partial charge in [0.1, 0.15) is 5.65 Å². The number of unbranched alkanes of at least 4 members (excludes halogenated alkanes) is 1. The number of hydrogen-bond donors (Lipinski definition) is 1. The summed E-state index contributed by atoms with van der Waals surface area (Å²) in [5, 5.41) is 2.33. The van der Waals surface area contributed by atoms with Gasteiger partial charge in [0.25, 0.3) is 0 Å². The van der Waals surface area contributed by atoms with Crippen molar-refractivity contribution >= 4 is 27.9 Å². The minimum absolute atomic E-state index is 0.344. The molecular formula is C16H20N4. The molecule has 3 aromatic rings. The van der Waals surface area contributed by atoms with Crippen LogP contribution in [0.5, 0.6) is 0 Å². The van der Waals surface area contributed by atoms with Crippen LogP contribution in [0.25, 0.3) is 21.9 Å². The molecule has 0 aliphatic heterocycles. The fraction of sp³-hybridized carbons (Fsp3) is 0.375. The van der Waals surface area contributed by atoms with Crippen molar-refractivity contribution in [1.29, 1.82) is 0 Å². The van der Waals surface area contributed by atoms with Crippen LogP contribution in [-0.2, 0) is 13.0 Å². The number of aryl methyl sites for hydroxylation is 2. The van der Waals surface area contributed by atoms with Gasteiger partial charge in [-0.15, -0.1) is 0 Å². The molecule has 0 aliphatic rings. The number of fused-ring (bicyclic) bond motifs is 3. The van der Waals surface area contributed by atoms with Crippen LogP contribution in [-0.4, -0.2) is 14.5 Å². The van der Waals surface area contributed by atoms with Crippen molar-refractivity contribution in [3.05, 3.63) is 30.0 Å². The molecule has 20 heavy (non-hydrogen) atoms. The Morgan fingerprint density at radius 2 is 2.05 bits per heavy atom. The van der Waals surface area contributed by atoms with Crippen molar-refractivity contribution in [2.45, 2.75) is 39.7 Å². The van der Waals surface area contributed by atoms with Crippen molar-refractivity contribution in [2.24, 2.45) is 0 Å². The van der Waals surface area contributed by atoms with Gasteiger partial charge >= 0.3 is 0 Å².